The fraction of sp³-hybridized carbons (Fsp3) is 0.364. The van der Waals surface area contributed by atoms with E-state index in [0.717, 1.165) is 19.4 Å². The van der Waals surface area contributed by atoms with Crippen molar-refractivity contribution >= 4 is 0 Å². The van der Waals surface area contributed by atoms with Crippen LogP contribution in [-0.2, 0) is 0 Å². The van der Waals surface area contributed by atoms with Gasteiger partial charge in [-0.25, -0.2) is 0 Å². The SMILES string of the molecule is O[CH]c1ccc(OC(F)(F)F)c(C2CC2)c1. The van der Waals surface area contributed by atoms with Crippen LogP contribution in [-0.4, -0.2) is 11.5 Å². The average molecular weight is 231 g/mol. The monoisotopic (exact) mass is 231 g/mol. The zero-order valence-electron chi connectivity index (χ0n) is 8.29. The Hall–Kier alpha value is -1.23. The highest BCUT2D eigenvalue weighted by molar-refractivity contribution is 5.43. The Labute approximate surface area is 90.7 Å². The van der Waals surface area contributed by atoms with Crippen LogP contribution in [0.1, 0.15) is 29.9 Å². The second kappa shape index (κ2) is 3.97. The van der Waals surface area contributed by atoms with Gasteiger partial charge in [0, 0.05) is 0 Å². The van der Waals surface area contributed by atoms with E-state index in [1.165, 1.54) is 18.2 Å². The Morgan fingerprint density at radius 1 is 1.31 bits per heavy atom. The molecule has 1 aliphatic carbocycles. The number of aliphatic hydroxyl groups excluding tert-OH is 1. The van der Waals surface area contributed by atoms with Crippen molar-refractivity contribution in [3.8, 4) is 5.75 Å². The molecule has 0 unspecified atom stereocenters. The third-order valence-corrected chi connectivity index (χ3v) is 2.43. The molecule has 1 fully saturated rings. The summed E-state index contributed by atoms with van der Waals surface area (Å²) in [4.78, 5) is 0. The molecule has 87 valence electrons. The van der Waals surface area contributed by atoms with Gasteiger partial charge >= 0.3 is 6.36 Å². The Morgan fingerprint density at radius 3 is 2.50 bits per heavy atom. The van der Waals surface area contributed by atoms with Crippen LogP contribution in [0.15, 0.2) is 18.2 Å². The van der Waals surface area contributed by atoms with Crippen molar-refractivity contribution in [2.45, 2.75) is 25.1 Å². The first-order chi connectivity index (χ1) is 7.49. The lowest BCUT2D eigenvalue weighted by Gasteiger charge is -2.13. The van der Waals surface area contributed by atoms with E-state index in [2.05, 4.69) is 4.74 Å². The molecule has 1 saturated carbocycles. The summed E-state index contributed by atoms with van der Waals surface area (Å²) in [5, 5.41) is 8.80. The molecule has 0 amide bonds. The molecule has 0 bridgehead atoms. The highest BCUT2D eigenvalue weighted by atomic mass is 19.4. The van der Waals surface area contributed by atoms with Gasteiger partial charge in [-0.15, -0.1) is 13.2 Å². The van der Waals surface area contributed by atoms with Gasteiger partial charge in [0.15, 0.2) is 0 Å². The van der Waals surface area contributed by atoms with Gasteiger partial charge in [-0.3, -0.25) is 0 Å². The van der Waals surface area contributed by atoms with E-state index < -0.39 is 6.36 Å². The fourth-order valence-corrected chi connectivity index (χ4v) is 1.58. The Balaban J connectivity index is 2.29. The van der Waals surface area contributed by atoms with E-state index in [1.807, 2.05) is 0 Å². The Kier molecular flexibility index (Phi) is 2.80. The zero-order chi connectivity index (χ0) is 11.8. The summed E-state index contributed by atoms with van der Waals surface area (Å²) in [6.45, 7) is 0.864. The lowest BCUT2D eigenvalue weighted by Crippen LogP contribution is -2.18. The van der Waals surface area contributed by atoms with Crippen molar-refractivity contribution in [2.75, 3.05) is 0 Å². The minimum Gasteiger partial charge on any atom is -0.405 e. The van der Waals surface area contributed by atoms with Crippen LogP contribution < -0.4 is 4.74 Å². The molecule has 1 aliphatic rings. The van der Waals surface area contributed by atoms with Crippen molar-refractivity contribution in [3.05, 3.63) is 35.9 Å². The minimum absolute atomic E-state index is 0.122. The molecule has 1 aromatic carbocycles. The van der Waals surface area contributed by atoms with E-state index in [0.29, 0.717) is 11.1 Å². The van der Waals surface area contributed by atoms with E-state index in [1.54, 1.807) is 0 Å². The van der Waals surface area contributed by atoms with E-state index in [4.69, 9.17) is 5.11 Å². The van der Waals surface area contributed by atoms with Gasteiger partial charge in [0.1, 0.15) is 12.4 Å². The van der Waals surface area contributed by atoms with Crippen LogP contribution in [0.2, 0.25) is 0 Å². The van der Waals surface area contributed by atoms with Crippen molar-refractivity contribution in [1.29, 1.82) is 0 Å². The van der Waals surface area contributed by atoms with Gasteiger partial charge in [0.2, 0.25) is 0 Å². The third kappa shape index (κ3) is 2.66. The number of rotatable bonds is 3. The summed E-state index contributed by atoms with van der Waals surface area (Å²) >= 11 is 0. The summed E-state index contributed by atoms with van der Waals surface area (Å²) < 4.78 is 40.3. The molecule has 5 heteroatoms. The molecule has 0 spiro atoms. The number of benzene rings is 1. The van der Waals surface area contributed by atoms with Crippen LogP contribution in [0.25, 0.3) is 0 Å². The fourth-order valence-electron chi connectivity index (χ4n) is 1.58. The molecular formula is C11H10F3O2. The molecule has 0 aliphatic heterocycles. The molecule has 2 rings (SSSR count). The van der Waals surface area contributed by atoms with Gasteiger partial charge in [0.25, 0.3) is 0 Å². The van der Waals surface area contributed by atoms with Gasteiger partial charge in [-0.1, -0.05) is 6.07 Å². The maximum Gasteiger partial charge on any atom is 0.573 e. The standard InChI is InChI=1S/C11H10F3O2/c12-11(13,14)16-10-4-1-7(6-15)5-9(10)8-2-3-8/h1,4-6,8,15H,2-3H2. The predicted molar refractivity (Wildman–Crippen MR) is 50.4 cm³/mol. The smallest absolute Gasteiger partial charge is 0.405 e. The second-order valence-electron chi connectivity index (χ2n) is 3.75. The van der Waals surface area contributed by atoms with Crippen molar-refractivity contribution in [3.63, 3.8) is 0 Å². The first-order valence-electron chi connectivity index (χ1n) is 4.87. The molecule has 1 radical (unpaired) electrons. The minimum atomic E-state index is -4.67. The topological polar surface area (TPSA) is 29.5 Å². The van der Waals surface area contributed by atoms with Gasteiger partial charge in [-0.05, 0) is 42.0 Å². The van der Waals surface area contributed by atoms with Gasteiger partial charge in [-0.2, -0.15) is 0 Å². The lowest BCUT2D eigenvalue weighted by atomic mass is 10.1. The predicted octanol–water partition coefficient (Wildman–Crippen LogP) is 3.34. The lowest BCUT2D eigenvalue weighted by molar-refractivity contribution is -0.274. The summed E-state index contributed by atoms with van der Waals surface area (Å²) in [7, 11) is 0. The first kappa shape index (κ1) is 11.3. The third-order valence-electron chi connectivity index (χ3n) is 2.43. The highest BCUT2D eigenvalue weighted by Crippen LogP contribution is 2.45. The van der Waals surface area contributed by atoms with Crippen molar-refractivity contribution in [2.24, 2.45) is 0 Å². The normalized spacial score (nSPS) is 16.2. The van der Waals surface area contributed by atoms with E-state index in [-0.39, 0.29) is 11.7 Å². The summed E-state index contributed by atoms with van der Waals surface area (Å²) in [5.74, 6) is -0.0437. The molecule has 0 aromatic heterocycles. The Morgan fingerprint density at radius 2 is 2.00 bits per heavy atom. The average Bonchev–Trinajstić information content (AvgIpc) is 2.99. The Bertz CT molecular complexity index is 383. The summed E-state index contributed by atoms with van der Waals surface area (Å²) in [6.07, 6.45) is -2.94. The maximum absolute atomic E-state index is 12.1. The van der Waals surface area contributed by atoms with E-state index >= 15 is 0 Å². The van der Waals surface area contributed by atoms with Crippen LogP contribution >= 0.6 is 0 Å². The number of hydrogen-bond donors (Lipinski definition) is 1. The van der Waals surface area contributed by atoms with Crippen molar-refractivity contribution in [1.82, 2.24) is 0 Å². The molecule has 2 nitrogen and oxygen atoms in total. The maximum atomic E-state index is 12.1. The first-order valence-corrected chi connectivity index (χ1v) is 4.87. The van der Waals surface area contributed by atoms with Crippen molar-refractivity contribution < 1.29 is 23.0 Å². The van der Waals surface area contributed by atoms with Crippen LogP contribution in [0.5, 0.6) is 5.75 Å². The zero-order valence-corrected chi connectivity index (χ0v) is 8.29. The molecule has 0 atom stereocenters. The number of halogens is 3. The van der Waals surface area contributed by atoms with E-state index in [9.17, 15) is 13.2 Å². The van der Waals surface area contributed by atoms with Crippen LogP contribution in [0.4, 0.5) is 13.2 Å². The quantitative estimate of drug-likeness (QED) is 0.864. The molecule has 0 heterocycles. The number of aliphatic hydroxyl groups is 1. The molecule has 1 aromatic rings. The van der Waals surface area contributed by atoms with Crippen LogP contribution in [0.3, 0.4) is 0 Å². The number of hydrogen-bond acceptors (Lipinski definition) is 2. The second-order valence-corrected chi connectivity index (χ2v) is 3.75. The molecule has 0 saturated heterocycles. The summed E-state index contributed by atoms with van der Waals surface area (Å²) in [5.41, 5.74) is 0.997. The van der Waals surface area contributed by atoms with Gasteiger partial charge in [0.05, 0.1) is 0 Å². The molecule has 16 heavy (non-hydrogen) atoms. The number of alkyl halides is 3. The molecular weight excluding hydrogens is 221 g/mol. The van der Waals surface area contributed by atoms with Crippen LogP contribution in [0, 0.1) is 6.61 Å². The highest BCUT2D eigenvalue weighted by Gasteiger charge is 2.35. The summed E-state index contributed by atoms with van der Waals surface area (Å²) in [6, 6.07) is 4.15. The number of ether oxygens (including phenoxy) is 1. The molecule has 1 N–H and O–H groups in total. The largest absolute Gasteiger partial charge is 0.573 e. The van der Waals surface area contributed by atoms with Gasteiger partial charge < -0.3 is 9.84 Å².